The van der Waals surface area contributed by atoms with E-state index in [1.807, 2.05) is 18.2 Å². The first-order chi connectivity index (χ1) is 9.67. The van der Waals surface area contributed by atoms with E-state index >= 15 is 0 Å². The van der Waals surface area contributed by atoms with Crippen LogP contribution >= 0.6 is 0 Å². The Morgan fingerprint density at radius 1 is 1.40 bits per heavy atom. The van der Waals surface area contributed by atoms with Crippen LogP contribution in [-0.4, -0.2) is 24.7 Å². The molecule has 0 spiro atoms. The first kappa shape index (κ1) is 14.9. The monoisotopic (exact) mass is 277 g/mol. The standard InChI is InChI=1S/C16H23NO3/c1-20-15-8-7-12(14(10-17)16(18)19)9-13(15)11-5-3-2-4-6-11/h7-9,11,14H,2-6,10,17H2,1H3,(H,18,19). The molecule has 3 N–H and O–H groups in total. The molecule has 1 unspecified atom stereocenters. The zero-order valence-corrected chi connectivity index (χ0v) is 12.0. The second-order valence-corrected chi connectivity index (χ2v) is 5.46. The molecule has 0 aromatic heterocycles. The number of carboxylic acids is 1. The van der Waals surface area contributed by atoms with Gasteiger partial charge in [0.25, 0.3) is 0 Å². The molecular formula is C16H23NO3. The van der Waals surface area contributed by atoms with E-state index in [2.05, 4.69) is 0 Å². The van der Waals surface area contributed by atoms with E-state index in [4.69, 9.17) is 10.5 Å². The Morgan fingerprint density at radius 2 is 2.10 bits per heavy atom. The van der Waals surface area contributed by atoms with E-state index < -0.39 is 11.9 Å². The summed E-state index contributed by atoms with van der Waals surface area (Å²) in [4.78, 5) is 11.3. The minimum atomic E-state index is -0.868. The Morgan fingerprint density at radius 3 is 2.65 bits per heavy atom. The number of rotatable bonds is 5. The lowest BCUT2D eigenvalue weighted by Crippen LogP contribution is -2.21. The first-order valence-corrected chi connectivity index (χ1v) is 7.28. The number of nitrogens with two attached hydrogens (primary N) is 1. The molecule has 4 heteroatoms. The predicted molar refractivity (Wildman–Crippen MR) is 78.3 cm³/mol. The molecule has 4 nitrogen and oxygen atoms in total. The van der Waals surface area contributed by atoms with Crippen LogP contribution < -0.4 is 10.5 Å². The SMILES string of the molecule is COc1ccc(C(CN)C(=O)O)cc1C1CCCCC1. The van der Waals surface area contributed by atoms with Crippen molar-refractivity contribution < 1.29 is 14.6 Å². The molecule has 1 saturated carbocycles. The molecule has 1 fully saturated rings. The molecule has 0 aliphatic heterocycles. The van der Waals surface area contributed by atoms with Crippen molar-refractivity contribution in [2.24, 2.45) is 5.73 Å². The van der Waals surface area contributed by atoms with Crippen LogP contribution in [0.4, 0.5) is 0 Å². The third-order valence-electron chi connectivity index (χ3n) is 4.23. The van der Waals surface area contributed by atoms with Gasteiger partial charge in [-0.25, -0.2) is 0 Å². The van der Waals surface area contributed by atoms with Crippen LogP contribution in [0.5, 0.6) is 5.75 Å². The van der Waals surface area contributed by atoms with Crippen molar-refractivity contribution in [2.75, 3.05) is 13.7 Å². The van der Waals surface area contributed by atoms with Crippen LogP contribution in [0.1, 0.15) is 55.1 Å². The third-order valence-corrected chi connectivity index (χ3v) is 4.23. The summed E-state index contributed by atoms with van der Waals surface area (Å²) in [5.74, 6) is -0.164. The van der Waals surface area contributed by atoms with Crippen LogP contribution in [-0.2, 0) is 4.79 Å². The highest BCUT2D eigenvalue weighted by atomic mass is 16.5. The zero-order chi connectivity index (χ0) is 14.5. The van der Waals surface area contributed by atoms with Gasteiger partial charge in [0, 0.05) is 6.54 Å². The summed E-state index contributed by atoms with van der Waals surface area (Å²) in [6.07, 6.45) is 6.06. The van der Waals surface area contributed by atoms with Gasteiger partial charge < -0.3 is 15.6 Å². The van der Waals surface area contributed by atoms with Crippen molar-refractivity contribution in [1.29, 1.82) is 0 Å². The highest BCUT2D eigenvalue weighted by Gasteiger charge is 2.23. The number of carbonyl (C=O) groups is 1. The summed E-state index contributed by atoms with van der Waals surface area (Å²) < 4.78 is 5.45. The number of ether oxygens (including phenoxy) is 1. The van der Waals surface area contributed by atoms with E-state index in [9.17, 15) is 9.90 Å². The average Bonchev–Trinajstić information content (AvgIpc) is 2.48. The quantitative estimate of drug-likeness (QED) is 0.868. The molecule has 1 aromatic carbocycles. The van der Waals surface area contributed by atoms with Crippen molar-refractivity contribution in [1.82, 2.24) is 0 Å². The molecular weight excluding hydrogens is 254 g/mol. The third kappa shape index (κ3) is 3.12. The maximum absolute atomic E-state index is 11.3. The van der Waals surface area contributed by atoms with E-state index in [0.717, 1.165) is 29.7 Å². The topological polar surface area (TPSA) is 72.5 Å². The van der Waals surface area contributed by atoms with Gasteiger partial charge in [-0.2, -0.15) is 0 Å². The molecule has 1 aromatic rings. The van der Waals surface area contributed by atoms with E-state index in [1.54, 1.807) is 7.11 Å². The van der Waals surface area contributed by atoms with Crippen molar-refractivity contribution in [2.45, 2.75) is 43.9 Å². The summed E-state index contributed by atoms with van der Waals surface area (Å²) in [5, 5.41) is 9.24. The molecule has 1 aliphatic carbocycles. The van der Waals surface area contributed by atoms with Gasteiger partial charge in [0.2, 0.25) is 0 Å². The normalized spacial score (nSPS) is 17.7. The molecule has 20 heavy (non-hydrogen) atoms. The van der Waals surface area contributed by atoms with Crippen molar-refractivity contribution in [3.8, 4) is 5.75 Å². The summed E-state index contributed by atoms with van der Waals surface area (Å²) in [6, 6.07) is 5.68. The average molecular weight is 277 g/mol. The Kier molecular flexibility index (Phi) is 5.01. The molecule has 0 radical (unpaired) electrons. The Bertz CT molecular complexity index is 467. The molecule has 0 saturated heterocycles. The minimum absolute atomic E-state index is 0.117. The summed E-state index contributed by atoms with van der Waals surface area (Å²) in [5.41, 5.74) is 7.51. The van der Waals surface area contributed by atoms with Gasteiger partial charge in [0.05, 0.1) is 13.0 Å². The van der Waals surface area contributed by atoms with Crippen LogP contribution in [0.15, 0.2) is 18.2 Å². The summed E-state index contributed by atoms with van der Waals surface area (Å²) >= 11 is 0. The smallest absolute Gasteiger partial charge is 0.312 e. The summed E-state index contributed by atoms with van der Waals surface area (Å²) in [6.45, 7) is 0.117. The number of methoxy groups -OCH3 is 1. The lowest BCUT2D eigenvalue weighted by molar-refractivity contribution is -0.138. The van der Waals surface area contributed by atoms with Crippen molar-refractivity contribution in [3.05, 3.63) is 29.3 Å². The Labute approximate surface area is 119 Å². The Balaban J connectivity index is 2.34. The van der Waals surface area contributed by atoms with Crippen LogP contribution in [0.25, 0.3) is 0 Å². The number of carboxylic acid groups (broad SMARTS) is 1. The fraction of sp³-hybridized carbons (Fsp3) is 0.562. The molecule has 0 heterocycles. The predicted octanol–water partition coefficient (Wildman–Crippen LogP) is 2.87. The van der Waals surface area contributed by atoms with Crippen LogP contribution in [0, 0.1) is 0 Å². The highest BCUT2D eigenvalue weighted by Crippen LogP contribution is 2.38. The number of benzene rings is 1. The van der Waals surface area contributed by atoms with Crippen molar-refractivity contribution >= 4 is 5.97 Å². The lowest BCUT2D eigenvalue weighted by Gasteiger charge is -2.25. The molecule has 0 bridgehead atoms. The minimum Gasteiger partial charge on any atom is -0.496 e. The van der Waals surface area contributed by atoms with Gasteiger partial charge in [0.1, 0.15) is 5.75 Å². The second-order valence-electron chi connectivity index (χ2n) is 5.46. The van der Waals surface area contributed by atoms with Crippen LogP contribution in [0.3, 0.4) is 0 Å². The Hall–Kier alpha value is -1.55. The number of hydrogen-bond donors (Lipinski definition) is 2. The molecule has 1 aliphatic rings. The van der Waals surface area contributed by atoms with E-state index in [1.165, 1.54) is 19.3 Å². The highest BCUT2D eigenvalue weighted by molar-refractivity contribution is 5.76. The zero-order valence-electron chi connectivity index (χ0n) is 12.0. The van der Waals surface area contributed by atoms with Gasteiger partial charge in [0.15, 0.2) is 0 Å². The maximum Gasteiger partial charge on any atom is 0.312 e. The molecule has 1 atom stereocenters. The maximum atomic E-state index is 11.3. The lowest BCUT2D eigenvalue weighted by atomic mass is 9.82. The molecule has 0 amide bonds. The van der Waals surface area contributed by atoms with Crippen LogP contribution in [0.2, 0.25) is 0 Å². The van der Waals surface area contributed by atoms with Gasteiger partial charge in [-0.3, -0.25) is 4.79 Å². The van der Waals surface area contributed by atoms with Gasteiger partial charge in [-0.1, -0.05) is 31.4 Å². The fourth-order valence-corrected chi connectivity index (χ4v) is 3.08. The summed E-state index contributed by atoms with van der Waals surface area (Å²) in [7, 11) is 1.67. The second kappa shape index (κ2) is 6.75. The number of aliphatic carboxylic acids is 1. The largest absolute Gasteiger partial charge is 0.496 e. The van der Waals surface area contributed by atoms with Crippen molar-refractivity contribution in [3.63, 3.8) is 0 Å². The van der Waals surface area contributed by atoms with Gasteiger partial charge in [-0.15, -0.1) is 0 Å². The fourth-order valence-electron chi connectivity index (χ4n) is 3.08. The van der Waals surface area contributed by atoms with E-state index in [-0.39, 0.29) is 6.54 Å². The molecule has 110 valence electrons. The first-order valence-electron chi connectivity index (χ1n) is 7.28. The van der Waals surface area contributed by atoms with Gasteiger partial charge in [-0.05, 0) is 36.0 Å². The van der Waals surface area contributed by atoms with E-state index in [0.29, 0.717) is 5.92 Å². The number of hydrogen-bond acceptors (Lipinski definition) is 3. The molecule has 2 rings (SSSR count). The van der Waals surface area contributed by atoms with Gasteiger partial charge >= 0.3 is 5.97 Å².